The van der Waals surface area contributed by atoms with Gasteiger partial charge in [0.05, 0.1) is 13.7 Å². The van der Waals surface area contributed by atoms with E-state index in [1.165, 1.54) is 51.2 Å². The van der Waals surface area contributed by atoms with Crippen molar-refractivity contribution in [2.45, 2.75) is 71.8 Å². The molecule has 0 saturated carbocycles. The molecule has 134 valence electrons. The molecular weight excluding hydrogens is 298 g/mol. The molecule has 0 saturated heterocycles. The van der Waals surface area contributed by atoms with E-state index in [9.17, 15) is 4.79 Å². The number of methoxy groups -OCH3 is 1. The van der Waals surface area contributed by atoms with Crippen molar-refractivity contribution in [3.8, 4) is 0 Å². The van der Waals surface area contributed by atoms with E-state index >= 15 is 0 Å². The summed E-state index contributed by atoms with van der Waals surface area (Å²) >= 11 is 0. The Kier molecular flexibility index (Phi) is 10.7. The summed E-state index contributed by atoms with van der Waals surface area (Å²) in [5, 5.41) is 0. The van der Waals surface area contributed by atoms with Crippen LogP contribution >= 0.6 is 0 Å². The summed E-state index contributed by atoms with van der Waals surface area (Å²) in [6, 6.07) is 10.1. The highest BCUT2D eigenvalue weighted by Gasteiger charge is 2.13. The highest BCUT2D eigenvalue weighted by Crippen LogP contribution is 2.19. The van der Waals surface area contributed by atoms with Crippen LogP contribution in [0.25, 0.3) is 0 Å². The van der Waals surface area contributed by atoms with E-state index in [-0.39, 0.29) is 6.09 Å². The van der Waals surface area contributed by atoms with Gasteiger partial charge in [0.15, 0.2) is 0 Å². The smallest absolute Gasteiger partial charge is 0.413 e. The third-order valence-corrected chi connectivity index (χ3v) is 4.15. The van der Waals surface area contributed by atoms with Crippen molar-refractivity contribution in [2.75, 3.05) is 7.11 Å². The molecule has 0 aromatic heterocycles. The van der Waals surface area contributed by atoms with Gasteiger partial charge in [0.2, 0.25) is 0 Å². The van der Waals surface area contributed by atoms with Crippen LogP contribution in [0.4, 0.5) is 4.79 Å². The maximum Gasteiger partial charge on any atom is 0.413 e. The largest absolute Gasteiger partial charge is 0.452 e. The van der Waals surface area contributed by atoms with Gasteiger partial charge in [-0.05, 0) is 31.2 Å². The van der Waals surface area contributed by atoms with Crippen LogP contribution in [0, 0.1) is 0 Å². The van der Waals surface area contributed by atoms with E-state index in [1.807, 2.05) is 36.5 Å². The van der Waals surface area contributed by atoms with Crippen LogP contribution < -0.4 is 0 Å². The third kappa shape index (κ3) is 8.19. The van der Waals surface area contributed by atoms with Crippen LogP contribution in [0.5, 0.6) is 0 Å². The Balaban J connectivity index is 2.80. The normalized spacial score (nSPS) is 11.4. The number of hydrogen-bond donors (Lipinski definition) is 0. The van der Waals surface area contributed by atoms with Gasteiger partial charge in [-0.15, -0.1) is 0 Å². The molecule has 0 heterocycles. The molecule has 0 radical (unpaired) electrons. The lowest BCUT2D eigenvalue weighted by molar-refractivity contribution is 0.137. The number of carbonyl (C=O) groups is 1. The highest BCUT2D eigenvalue weighted by atomic mass is 16.5. The fourth-order valence-electron chi connectivity index (χ4n) is 2.72. The van der Waals surface area contributed by atoms with Crippen LogP contribution in [-0.2, 0) is 11.3 Å². The zero-order valence-corrected chi connectivity index (χ0v) is 15.6. The van der Waals surface area contributed by atoms with Crippen molar-refractivity contribution in [1.29, 1.82) is 0 Å². The molecule has 0 aliphatic rings. The maximum atomic E-state index is 12.2. The van der Waals surface area contributed by atoms with E-state index in [0.29, 0.717) is 6.54 Å². The summed E-state index contributed by atoms with van der Waals surface area (Å²) in [7, 11) is 1.45. The van der Waals surface area contributed by atoms with Gasteiger partial charge in [0, 0.05) is 6.20 Å². The summed E-state index contributed by atoms with van der Waals surface area (Å²) in [6.45, 7) is 4.99. The van der Waals surface area contributed by atoms with E-state index in [2.05, 4.69) is 13.8 Å². The Morgan fingerprint density at radius 3 is 2.29 bits per heavy atom. The zero-order valence-electron chi connectivity index (χ0n) is 15.6. The third-order valence-electron chi connectivity index (χ3n) is 4.15. The second-order valence-electron chi connectivity index (χ2n) is 6.29. The predicted molar refractivity (Wildman–Crippen MR) is 101 cm³/mol. The predicted octanol–water partition coefficient (Wildman–Crippen LogP) is 6.30. The first-order valence-corrected chi connectivity index (χ1v) is 9.29. The second-order valence-corrected chi connectivity index (χ2v) is 6.29. The average Bonchev–Trinajstić information content (AvgIpc) is 2.62. The Bertz CT molecular complexity index is 482. The van der Waals surface area contributed by atoms with Gasteiger partial charge in [-0.3, -0.25) is 4.90 Å². The molecule has 1 aromatic carbocycles. The number of nitrogens with zero attached hydrogens (tertiary/aromatic N) is 1. The molecule has 0 bridgehead atoms. The van der Waals surface area contributed by atoms with Gasteiger partial charge in [-0.1, -0.05) is 75.4 Å². The van der Waals surface area contributed by atoms with E-state index in [1.54, 1.807) is 4.90 Å². The van der Waals surface area contributed by atoms with Crippen LogP contribution in [-0.4, -0.2) is 18.1 Å². The molecule has 3 heteroatoms. The Hall–Kier alpha value is -1.77. The molecule has 0 fully saturated rings. The fourth-order valence-corrected chi connectivity index (χ4v) is 2.72. The summed E-state index contributed by atoms with van der Waals surface area (Å²) < 4.78 is 4.98. The zero-order chi connectivity index (χ0) is 17.6. The van der Waals surface area contributed by atoms with Crippen molar-refractivity contribution in [1.82, 2.24) is 4.90 Å². The summed E-state index contributed by atoms with van der Waals surface area (Å²) in [5.41, 5.74) is 2.47. The van der Waals surface area contributed by atoms with Crippen LogP contribution in [0.2, 0.25) is 0 Å². The number of rotatable bonds is 11. The lowest BCUT2D eigenvalue weighted by atomic mass is 10.0. The van der Waals surface area contributed by atoms with Crippen molar-refractivity contribution in [3.05, 3.63) is 47.7 Å². The minimum absolute atomic E-state index is 0.290. The first kappa shape index (κ1) is 20.3. The molecule has 1 rings (SSSR count). The van der Waals surface area contributed by atoms with Gasteiger partial charge in [0.25, 0.3) is 0 Å². The lowest BCUT2D eigenvalue weighted by Crippen LogP contribution is -2.25. The average molecular weight is 332 g/mol. The van der Waals surface area contributed by atoms with Crippen molar-refractivity contribution < 1.29 is 9.53 Å². The topological polar surface area (TPSA) is 29.5 Å². The summed E-state index contributed by atoms with van der Waals surface area (Å²) in [5.74, 6) is 0. The number of carbonyl (C=O) groups excluding carboxylic acids is 1. The van der Waals surface area contributed by atoms with Crippen molar-refractivity contribution in [2.24, 2.45) is 0 Å². The molecular formula is C21H33NO2. The number of unbranched alkanes of at least 4 members (excludes halogenated alkanes) is 4. The van der Waals surface area contributed by atoms with Gasteiger partial charge in [0.1, 0.15) is 0 Å². The Morgan fingerprint density at radius 1 is 1.00 bits per heavy atom. The second kappa shape index (κ2) is 12.6. The number of benzene rings is 1. The molecule has 0 aliphatic carbocycles. The quantitative estimate of drug-likeness (QED) is 0.445. The first-order valence-electron chi connectivity index (χ1n) is 9.29. The molecule has 3 nitrogen and oxygen atoms in total. The standard InChI is InChI=1S/C21H33NO2/c1-4-6-8-10-14-19(13-7-5-2)17-22(21(23)24-3)18-20-15-11-9-12-16-20/h9,11-12,15-17H,4-8,10,13-14,18H2,1-3H3. The van der Waals surface area contributed by atoms with E-state index in [0.717, 1.165) is 18.4 Å². The Labute approximate surface area is 147 Å². The summed E-state index contributed by atoms with van der Waals surface area (Å²) in [4.78, 5) is 13.9. The summed E-state index contributed by atoms with van der Waals surface area (Å²) in [6.07, 6.45) is 11.2. The molecule has 0 aliphatic heterocycles. The van der Waals surface area contributed by atoms with Crippen LogP contribution in [0.15, 0.2) is 42.1 Å². The molecule has 0 N–H and O–H groups in total. The lowest BCUT2D eigenvalue weighted by Gasteiger charge is -2.19. The van der Waals surface area contributed by atoms with Gasteiger partial charge in [-0.2, -0.15) is 0 Å². The van der Waals surface area contributed by atoms with Crippen LogP contribution in [0.3, 0.4) is 0 Å². The fraction of sp³-hybridized carbons (Fsp3) is 0.571. The Morgan fingerprint density at radius 2 is 1.67 bits per heavy atom. The monoisotopic (exact) mass is 331 g/mol. The van der Waals surface area contributed by atoms with Crippen molar-refractivity contribution in [3.63, 3.8) is 0 Å². The number of allylic oxidation sites excluding steroid dienone is 1. The molecule has 0 unspecified atom stereocenters. The minimum Gasteiger partial charge on any atom is -0.452 e. The molecule has 0 spiro atoms. The maximum absolute atomic E-state index is 12.2. The van der Waals surface area contributed by atoms with Gasteiger partial charge >= 0.3 is 6.09 Å². The number of amides is 1. The van der Waals surface area contributed by atoms with Crippen molar-refractivity contribution >= 4 is 6.09 Å². The number of hydrogen-bond acceptors (Lipinski definition) is 2. The molecule has 24 heavy (non-hydrogen) atoms. The molecule has 1 amide bonds. The van der Waals surface area contributed by atoms with E-state index < -0.39 is 0 Å². The highest BCUT2D eigenvalue weighted by molar-refractivity contribution is 5.68. The van der Waals surface area contributed by atoms with E-state index in [4.69, 9.17) is 4.74 Å². The van der Waals surface area contributed by atoms with Gasteiger partial charge in [-0.25, -0.2) is 4.79 Å². The molecule has 1 aromatic rings. The first-order chi connectivity index (χ1) is 11.7. The SMILES string of the molecule is CCCCCCC(=CN(Cc1ccccc1)C(=O)OC)CCCC. The van der Waals surface area contributed by atoms with Crippen LogP contribution in [0.1, 0.15) is 70.8 Å². The molecule has 0 atom stereocenters. The minimum atomic E-state index is -0.290. The van der Waals surface area contributed by atoms with Gasteiger partial charge < -0.3 is 4.74 Å². The number of ether oxygens (including phenoxy) is 1.